The lowest BCUT2D eigenvalue weighted by Crippen LogP contribution is -2.23. The number of anilines is 1. The smallest absolute Gasteiger partial charge is 0.257 e. The number of carbonyl (C=O) groups excluding carboxylic acids is 1. The van der Waals surface area contributed by atoms with E-state index in [0.29, 0.717) is 11.4 Å². The normalized spacial score (nSPS) is 15.0. The third kappa shape index (κ3) is 4.66. The Bertz CT molecular complexity index is 970. The molecular formula is C20H23ClN2O4S. The number of ether oxygens (including phenoxy) is 1. The van der Waals surface area contributed by atoms with E-state index in [4.69, 9.17) is 16.3 Å². The molecule has 0 heterocycles. The Kier molecular flexibility index (Phi) is 6.27. The summed E-state index contributed by atoms with van der Waals surface area (Å²) in [5.41, 5.74) is 0.643. The van der Waals surface area contributed by atoms with E-state index in [-0.39, 0.29) is 21.6 Å². The van der Waals surface area contributed by atoms with E-state index in [0.717, 1.165) is 17.1 Å². The van der Waals surface area contributed by atoms with Crippen molar-refractivity contribution in [1.29, 1.82) is 0 Å². The second-order valence-electron chi connectivity index (χ2n) is 6.94. The second kappa shape index (κ2) is 8.51. The van der Waals surface area contributed by atoms with Crippen LogP contribution in [0.15, 0.2) is 47.4 Å². The Morgan fingerprint density at radius 2 is 1.86 bits per heavy atom. The van der Waals surface area contributed by atoms with Gasteiger partial charge in [-0.15, -0.1) is 0 Å². The maximum Gasteiger partial charge on any atom is 0.257 e. The molecule has 0 unspecified atom stereocenters. The monoisotopic (exact) mass is 422 g/mol. The first-order valence-electron chi connectivity index (χ1n) is 9.07. The minimum absolute atomic E-state index is 0.00497. The molecule has 0 aliphatic heterocycles. The Balaban J connectivity index is 1.79. The average Bonchev–Trinajstić information content (AvgIpc) is 3.15. The molecule has 6 nitrogen and oxygen atoms in total. The number of rotatable bonds is 6. The van der Waals surface area contributed by atoms with Crippen molar-refractivity contribution in [1.82, 2.24) is 4.31 Å². The van der Waals surface area contributed by atoms with Crippen LogP contribution in [0.3, 0.4) is 0 Å². The number of nitrogens with zero attached hydrogens (tertiary/aromatic N) is 1. The van der Waals surface area contributed by atoms with Gasteiger partial charge in [0.15, 0.2) is 0 Å². The molecule has 1 saturated carbocycles. The van der Waals surface area contributed by atoms with Gasteiger partial charge in [0.05, 0.1) is 21.6 Å². The number of nitrogens with one attached hydrogen (secondary N) is 1. The quantitative estimate of drug-likeness (QED) is 0.758. The van der Waals surface area contributed by atoms with Gasteiger partial charge in [0.2, 0.25) is 10.0 Å². The third-order valence-electron chi connectivity index (χ3n) is 4.66. The molecule has 1 N–H and O–H groups in total. The van der Waals surface area contributed by atoms with Gasteiger partial charge in [-0.1, -0.05) is 17.7 Å². The zero-order chi connectivity index (χ0) is 20.3. The Morgan fingerprint density at radius 1 is 1.14 bits per heavy atom. The molecule has 3 rings (SSSR count). The van der Waals surface area contributed by atoms with Crippen molar-refractivity contribution in [2.75, 3.05) is 19.4 Å². The number of halogens is 1. The van der Waals surface area contributed by atoms with Gasteiger partial charge in [-0.2, -0.15) is 0 Å². The first kappa shape index (κ1) is 20.6. The summed E-state index contributed by atoms with van der Waals surface area (Å²) in [4.78, 5) is 12.7. The second-order valence-corrected chi connectivity index (χ2v) is 9.49. The predicted molar refractivity (Wildman–Crippen MR) is 110 cm³/mol. The average molecular weight is 423 g/mol. The van der Waals surface area contributed by atoms with Crippen LogP contribution >= 0.6 is 11.6 Å². The summed E-state index contributed by atoms with van der Waals surface area (Å²) in [6.45, 7) is 0. The van der Waals surface area contributed by atoms with E-state index in [2.05, 4.69) is 5.32 Å². The minimum Gasteiger partial charge on any atom is -0.490 e. The van der Waals surface area contributed by atoms with Crippen LogP contribution in [0.1, 0.15) is 36.0 Å². The van der Waals surface area contributed by atoms with Crippen LogP contribution < -0.4 is 10.1 Å². The minimum atomic E-state index is -3.67. The van der Waals surface area contributed by atoms with E-state index < -0.39 is 15.9 Å². The molecule has 28 heavy (non-hydrogen) atoms. The van der Waals surface area contributed by atoms with Crippen LogP contribution in [0.4, 0.5) is 5.69 Å². The number of benzene rings is 2. The lowest BCUT2D eigenvalue weighted by Gasteiger charge is -2.15. The van der Waals surface area contributed by atoms with Crippen molar-refractivity contribution in [3.63, 3.8) is 0 Å². The van der Waals surface area contributed by atoms with Crippen LogP contribution in [0.2, 0.25) is 5.02 Å². The highest BCUT2D eigenvalue weighted by Crippen LogP contribution is 2.27. The predicted octanol–water partition coefficient (Wildman–Crippen LogP) is 4.16. The maximum absolute atomic E-state index is 12.7. The molecular weight excluding hydrogens is 400 g/mol. The maximum atomic E-state index is 12.7. The Labute approximate surface area is 170 Å². The van der Waals surface area contributed by atoms with Gasteiger partial charge in [0.1, 0.15) is 5.75 Å². The van der Waals surface area contributed by atoms with E-state index in [1.165, 1.54) is 45.1 Å². The SMILES string of the molecule is CN(C)S(=O)(=O)c1ccc(Cl)c(C(=O)Nc2cccc(OC3CCCC3)c2)c1. The summed E-state index contributed by atoms with van der Waals surface area (Å²) in [6, 6.07) is 11.2. The molecule has 0 spiro atoms. The van der Waals surface area contributed by atoms with Gasteiger partial charge in [0.25, 0.3) is 5.91 Å². The molecule has 1 amide bonds. The number of hydrogen-bond acceptors (Lipinski definition) is 4. The fourth-order valence-corrected chi connectivity index (χ4v) is 4.23. The van der Waals surface area contributed by atoms with Gasteiger partial charge < -0.3 is 10.1 Å². The van der Waals surface area contributed by atoms with Gasteiger partial charge >= 0.3 is 0 Å². The van der Waals surface area contributed by atoms with E-state index in [1.807, 2.05) is 6.07 Å². The fourth-order valence-electron chi connectivity index (χ4n) is 3.09. The zero-order valence-electron chi connectivity index (χ0n) is 15.8. The molecule has 0 radical (unpaired) electrons. The largest absolute Gasteiger partial charge is 0.490 e. The van der Waals surface area contributed by atoms with Gasteiger partial charge in [0, 0.05) is 25.8 Å². The van der Waals surface area contributed by atoms with Crippen molar-refractivity contribution in [2.45, 2.75) is 36.7 Å². The van der Waals surface area contributed by atoms with Crippen molar-refractivity contribution < 1.29 is 17.9 Å². The summed E-state index contributed by atoms with van der Waals surface area (Å²) >= 11 is 6.14. The van der Waals surface area contributed by atoms with Crippen LogP contribution in [0.25, 0.3) is 0 Å². The van der Waals surface area contributed by atoms with Crippen molar-refractivity contribution >= 4 is 33.2 Å². The highest BCUT2D eigenvalue weighted by molar-refractivity contribution is 7.89. The standard InChI is InChI=1S/C20H23ClN2O4S/c1-23(2)28(25,26)17-10-11-19(21)18(13-17)20(24)22-14-6-5-9-16(12-14)27-15-7-3-4-8-15/h5-6,9-13,15H,3-4,7-8H2,1-2H3,(H,22,24). The summed E-state index contributed by atoms with van der Waals surface area (Å²) in [5.74, 6) is 0.207. The molecule has 0 saturated heterocycles. The fraction of sp³-hybridized carbons (Fsp3) is 0.350. The zero-order valence-corrected chi connectivity index (χ0v) is 17.4. The molecule has 0 atom stereocenters. The van der Waals surface area contributed by atoms with Crippen LogP contribution in [-0.4, -0.2) is 38.8 Å². The van der Waals surface area contributed by atoms with Gasteiger partial charge in [-0.25, -0.2) is 12.7 Å². The summed E-state index contributed by atoms with van der Waals surface area (Å²) in [7, 11) is -0.808. The molecule has 8 heteroatoms. The summed E-state index contributed by atoms with van der Waals surface area (Å²) in [6.07, 6.45) is 4.64. The molecule has 1 aliphatic rings. The number of amides is 1. The lowest BCUT2D eigenvalue weighted by atomic mass is 10.2. The summed E-state index contributed by atoms with van der Waals surface area (Å²) in [5, 5.41) is 2.94. The number of carbonyl (C=O) groups is 1. The molecule has 2 aromatic rings. The molecule has 1 aliphatic carbocycles. The summed E-state index contributed by atoms with van der Waals surface area (Å²) < 4.78 is 31.7. The first-order chi connectivity index (χ1) is 13.3. The van der Waals surface area contributed by atoms with Crippen LogP contribution in [0.5, 0.6) is 5.75 Å². The topological polar surface area (TPSA) is 75.7 Å². The Morgan fingerprint density at radius 3 is 2.54 bits per heavy atom. The van der Waals surface area contributed by atoms with Crippen molar-refractivity contribution in [2.24, 2.45) is 0 Å². The number of sulfonamides is 1. The first-order valence-corrected chi connectivity index (χ1v) is 10.9. The van der Waals surface area contributed by atoms with Gasteiger partial charge in [-0.3, -0.25) is 4.79 Å². The van der Waals surface area contributed by atoms with E-state index in [1.54, 1.807) is 18.2 Å². The molecule has 0 bridgehead atoms. The Hall–Kier alpha value is -2.09. The van der Waals surface area contributed by atoms with Crippen LogP contribution in [-0.2, 0) is 10.0 Å². The van der Waals surface area contributed by atoms with E-state index >= 15 is 0 Å². The van der Waals surface area contributed by atoms with Crippen molar-refractivity contribution in [3.8, 4) is 5.75 Å². The lowest BCUT2D eigenvalue weighted by molar-refractivity contribution is 0.102. The number of hydrogen-bond donors (Lipinski definition) is 1. The highest BCUT2D eigenvalue weighted by atomic mass is 35.5. The molecule has 2 aromatic carbocycles. The van der Waals surface area contributed by atoms with Crippen LogP contribution in [0, 0.1) is 0 Å². The molecule has 1 fully saturated rings. The van der Waals surface area contributed by atoms with Gasteiger partial charge in [-0.05, 0) is 56.0 Å². The van der Waals surface area contributed by atoms with Crippen molar-refractivity contribution in [3.05, 3.63) is 53.1 Å². The highest BCUT2D eigenvalue weighted by Gasteiger charge is 2.21. The van der Waals surface area contributed by atoms with E-state index in [9.17, 15) is 13.2 Å². The molecule has 0 aromatic heterocycles. The molecule has 150 valence electrons. The third-order valence-corrected chi connectivity index (χ3v) is 6.80.